The van der Waals surface area contributed by atoms with E-state index in [1.165, 1.54) is 4.88 Å². The Hall–Kier alpha value is -1.44. The zero-order valence-corrected chi connectivity index (χ0v) is 13.8. The van der Waals surface area contributed by atoms with E-state index in [9.17, 15) is 0 Å². The monoisotopic (exact) mass is 310 g/mol. The number of aryl methyl sites for hydroxylation is 1. The van der Waals surface area contributed by atoms with Crippen LogP contribution in [0.15, 0.2) is 6.07 Å². The van der Waals surface area contributed by atoms with E-state index in [-0.39, 0.29) is 0 Å². The second kappa shape index (κ2) is 7.53. The molecule has 0 bridgehead atoms. The standard InChI is InChI=1S/C14H22N4O2S/c1-10-9-11-12(16-14(15-2)17-13(11)21-10)18(5-7-19-3)6-8-20-4/h9H,5-8H2,1-4H3,(H,15,16,17). The smallest absolute Gasteiger partial charge is 0.225 e. The van der Waals surface area contributed by atoms with Crippen molar-refractivity contribution in [3.05, 3.63) is 10.9 Å². The van der Waals surface area contributed by atoms with Gasteiger partial charge in [-0.15, -0.1) is 11.3 Å². The maximum absolute atomic E-state index is 5.21. The Balaban J connectivity index is 2.42. The van der Waals surface area contributed by atoms with Gasteiger partial charge in [0.15, 0.2) is 0 Å². The zero-order valence-electron chi connectivity index (χ0n) is 13.0. The first kappa shape index (κ1) is 15.9. The number of rotatable bonds is 8. The fraction of sp³-hybridized carbons (Fsp3) is 0.571. The molecule has 21 heavy (non-hydrogen) atoms. The molecule has 0 atom stereocenters. The van der Waals surface area contributed by atoms with E-state index in [4.69, 9.17) is 9.47 Å². The number of hydrogen-bond acceptors (Lipinski definition) is 7. The van der Waals surface area contributed by atoms with Crippen LogP contribution in [0, 0.1) is 6.92 Å². The second-order valence-electron chi connectivity index (χ2n) is 4.67. The summed E-state index contributed by atoms with van der Waals surface area (Å²) in [6, 6.07) is 2.14. The Kier molecular flexibility index (Phi) is 5.72. The highest BCUT2D eigenvalue weighted by Gasteiger charge is 2.16. The first-order chi connectivity index (χ1) is 10.2. The number of ether oxygens (including phenoxy) is 2. The largest absolute Gasteiger partial charge is 0.383 e. The molecule has 0 aliphatic rings. The van der Waals surface area contributed by atoms with E-state index in [0.29, 0.717) is 19.2 Å². The number of methoxy groups -OCH3 is 2. The average molecular weight is 310 g/mol. The van der Waals surface area contributed by atoms with Gasteiger partial charge in [-0.3, -0.25) is 0 Å². The zero-order chi connectivity index (χ0) is 15.2. The molecule has 2 aromatic heterocycles. The lowest BCUT2D eigenvalue weighted by Gasteiger charge is -2.24. The van der Waals surface area contributed by atoms with Crippen molar-refractivity contribution in [1.29, 1.82) is 0 Å². The molecule has 0 saturated carbocycles. The van der Waals surface area contributed by atoms with E-state index in [1.807, 2.05) is 7.05 Å². The number of nitrogens with zero attached hydrogens (tertiary/aromatic N) is 3. The third-order valence-electron chi connectivity index (χ3n) is 3.15. The number of nitrogens with one attached hydrogen (secondary N) is 1. The van der Waals surface area contributed by atoms with Crippen molar-refractivity contribution in [1.82, 2.24) is 9.97 Å². The van der Waals surface area contributed by atoms with Gasteiger partial charge in [0.1, 0.15) is 10.6 Å². The lowest BCUT2D eigenvalue weighted by molar-refractivity contribution is 0.190. The topological polar surface area (TPSA) is 59.5 Å². The minimum Gasteiger partial charge on any atom is -0.383 e. The molecule has 0 aliphatic carbocycles. The molecule has 0 aromatic carbocycles. The van der Waals surface area contributed by atoms with Crippen LogP contribution >= 0.6 is 11.3 Å². The number of aromatic nitrogens is 2. The van der Waals surface area contributed by atoms with Gasteiger partial charge in [0.25, 0.3) is 0 Å². The molecule has 116 valence electrons. The minimum absolute atomic E-state index is 0.638. The fourth-order valence-electron chi connectivity index (χ4n) is 2.11. The summed E-state index contributed by atoms with van der Waals surface area (Å²) in [6.45, 7) is 4.91. The molecular weight excluding hydrogens is 288 g/mol. The van der Waals surface area contributed by atoms with Crippen LogP contribution in [0.25, 0.3) is 10.2 Å². The molecule has 2 aromatic rings. The summed E-state index contributed by atoms with van der Waals surface area (Å²) in [6.07, 6.45) is 0. The SMILES string of the molecule is CNc1nc(N(CCOC)CCOC)c2cc(C)sc2n1. The van der Waals surface area contributed by atoms with E-state index < -0.39 is 0 Å². The maximum atomic E-state index is 5.21. The number of anilines is 2. The van der Waals surface area contributed by atoms with Gasteiger partial charge in [0, 0.05) is 39.2 Å². The summed E-state index contributed by atoms with van der Waals surface area (Å²) in [4.78, 5) is 13.6. The van der Waals surface area contributed by atoms with Crippen LogP contribution < -0.4 is 10.2 Å². The van der Waals surface area contributed by atoms with Crippen LogP contribution in [0.2, 0.25) is 0 Å². The van der Waals surface area contributed by atoms with Gasteiger partial charge in [-0.1, -0.05) is 0 Å². The third-order valence-corrected chi connectivity index (χ3v) is 4.09. The normalized spacial score (nSPS) is 11.0. The molecule has 1 N–H and O–H groups in total. The van der Waals surface area contributed by atoms with Gasteiger partial charge in [-0.2, -0.15) is 4.98 Å². The van der Waals surface area contributed by atoms with Crippen molar-refractivity contribution in [2.24, 2.45) is 0 Å². The van der Waals surface area contributed by atoms with Crippen molar-refractivity contribution in [3.63, 3.8) is 0 Å². The molecule has 0 unspecified atom stereocenters. The predicted molar refractivity (Wildman–Crippen MR) is 87.7 cm³/mol. The Labute approximate surface area is 129 Å². The van der Waals surface area contributed by atoms with E-state index in [0.717, 1.165) is 29.1 Å². The van der Waals surface area contributed by atoms with Gasteiger partial charge in [-0.05, 0) is 13.0 Å². The first-order valence-corrected chi connectivity index (χ1v) is 7.70. The summed E-state index contributed by atoms with van der Waals surface area (Å²) >= 11 is 1.68. The van der Waals surface area contributed by atoms with E-state index in [1.54, 1.807) is 25.6 Å². The van der Waals surface area contributed by atoms with Crippen molar-refractivity contribution in [3.8, 4) is 0 Å². The Morgan fingerprint density at radius 1 is 1.19 bits per heavy atom. The van der Waals surface area contributed by atoms with Crippen LogP contribution in [-0.2, 0) is 9.47 Å². The van der Waals surface area contributed by atoms with E-state index in [2.05, 4.69) is 33.2 Å². The summed E-state index contributed by atoms with van der Waals surface area (Å²) in [5.74, 6) is 1.57. The third kappa shape index (κ3) is 3.81. The highest BCUT2D eigenvalue weighted by Crippen LogP contribution is 2.31. The molecule has 2 rings (SSSR count). The molecule has 0 spiro atoms. The molecule has 0 saturated heterocycles. The molecular formula is C14H22N4O2S. The van der Waals surface area contributed by atoms with Crippen LogP contribution in [0.1, 0.15) is 4.88 Å². The van der Waals surface area contributed by atoms with E-state index >= 15 is 0 Å². The van der Waals surface area contributed by atoms with Crippen molar-refractivity contribution in [2.45, 2.75) is 6.92 Å². The second-order valence-corrected chi connectivity index (χ2v) is 5.90. The minimum atomic E-state index is 0.638. The Morgan fingerprint density at radius 3 is 2.43 bits per heavy atom. The van der Waals surface area contributed by atoms with Crippen LogP contribution in [-0.4, -0.2) is 57.5 Å². The lowest BCUT2D eigenvalue weighted by Crippen LogP contribution is -2.31. The van der Waals surface area contributed by atoms with Crippen LogP contribution in [0.5, 0.6) is 0 Å². The highest BCUT2D eigenvalue weighted by molar-refractivity contribution is 7.18. The predicted octanol–water partition coefficient (Wildman–Crippen LogP) is 2.14. The van der Waals surface area contributed by atoms with Gasteiger partial charge >= 0.3 is 0 Å². The summed E-state index contributed by atoms with van der Waals surface area (Å²) in [5, 5.41) is 4.12. The number of thiophene rings is 1. The van der Waals surface area contributed by atoms with Gasteiger partial charge in [0.2, 0.25) is 5.95 Å². The summed E-state index contributed by atoms with van der Waals surface area (Å²) in [5.41, 5.74) is 0. The summed E-state index contributed by atoms with van der Waals surface area (Å²) in [7, 11) is 5.25. The molecule has 0 radical (unpaired) electrons. The highest BCUT2D eigenvalue weighted by atomic mass is 32.1. The lowest BCUT2D eigenvalue weighted by atomic mass is 10.3. The maximum Gasteiger partial charge on any atom is 0.225 e. The quantitative estimate of drug-likeness (QED) is 0.806. The van der Waals surface area contributed by atoms with Gasteiger partial charge in [0.05, 0.1) is 18.6 Å². The van der Waals surface area contributed by atoms with Crippen molar-refractivity contribution >= 4 is 33.3 Å². The van der Waals surface area contributed by atoms with Gasteiger partial charge < -0.3 is 19.7 Å². The van der Waals surface area contributed by atoms with Gasteiger partial charge in [-0.25, -0.2) is 4.98 Å². The van der Waals surface area contributed by atoms with Crippen LogP contribution in [0.4, 0.5) is 11.8 Å². The molecule has 0 aliphatic heterocycles. The number of hydrogen-bond donors (Lipinski definition) is 1. The molecule has 0 fully saturated rings. The fourth-order valence-corrected chi connectivity index (χ4v) is 2.98. The molecule has 6 nitrogen and oxygen atoms in total. The molecule has 7 heteroatoms. The Bertz CT molecular complexity index is 580. The van der Waals surface area contributed by atoms with Crippen molar-refractivity contribution < 1.29 is 9.47 Å². The average Bonchev–Trinajstić information content (AvgIpc) is 2.86. The Morgan fingerprint density at radius 2 is 1.86 bits per heavy atom. The molecule has 2 heterocycles. The summed E-state index contributed by atoms with van der Waals surface area (Å²) < 4.78 is 10.4. The number of fused-ring (bicyclic) bond motifs is 1. The van der Waals surface area contributed by atoms with Crippen molar-refractivity contribution in [2.75, 3.05) is 57.8 Å². The van der Waals surface area contributed by atoms with Crippen LogP contribution in [0.3, 0.4) is 0 Å². The molecule has 0 amide bonds. The first-order valence-electron chi connectivity index (χ1n) is 6.88.